The number of benzene rings is 1. The highest BCUT2D eigenvalue weighted by atomic mass is 19.1. The van der Waals surface area contributed by atoms with Gasteiger partial charge in [-0.15, -0.1) is 0 Å². The number of aromatic nitrogens is 2. The van der Waals surface area contributed by atoms with Crippen LogP contribution in [0.4, 0.5) is 14.5 Å². The number of nitrogens with one attached hydrogen (secondary N) is 4. The lowest BCUT2D eigenvalue weighted by Crippen LogP contribution is -2.58. The molecule has 45 heavy (non-hydrogen) atoms. The zero-order chi connectivity index (χ0) is 32.2. The highest BCUT2D eigenvalue weighted by Gasteiger charge is 2.48. The fraction of sp³-hybridized carbons (Fsp3) is 0.613. The van der Waals surface area contributed by atoms with E-state index in [0.717, 1.165) is 25.7 Å². The van der Waals surface area contributed by atoms with E-state index >= 15 is 4.39 Å². The second kappa shape index (κ2) is 14.0. The highest BCUT2D eigenvalue weighted by Crippen LogP contribution is 2.51. The molecule has 4 atom stereocenters. The number of halogens is 2. The van der Waals surface area contributed by atoms with Gasteiger partial charge in [-0.2, -0.15) is 0 Å². The van der Waals surface area contributed by atoms with Crippen molar-refractivity contribution in [1.82, 2.24) is 31.2 Å². The van der Waals surface area contributed by atoms with Crippen molar-refractivity contribution in [2.24, 2.45) is 17.8 Å². The minimum Gasteiger partial charge on any atom is -0.341 e. The molecule has 1 aromatic heterocycles. The molecule has 12 nitrogen and oxygen atoms in total. The van der Waals surface area contributed by atoms with Gasteiger partial charge >= 0.3 is 0 Å². The summed E-state index contributed by atoms with van der Waals surface area (Å²) in [4.78, 5) is 54.0. The summed E-state index contributed by atoms with van der Waals surface area (Å²) in [5.74, 6) is -3.41. The second-order valence-corrected chi connectivity index (χ2v) is 12.5. The monoisotopic (exact) mass is 629 g/mol. The number of hydrogen-bond acceptors (Lipinski definition) is 8. The molecular weight excluding hydrogens is 588 g/mol. The van der Waals surface area contributed by atoms with Crippen molar-refractivity contribution in [1.29, 1.82) is 0 Å². The number of carbonyl (C=O) groups excluding carboxylic acids is 4. The normalized spacial score (nSPS) is 20.3. The molecule has 14 heteroatoms. The van der Waals surface area contributed by atoms with E-state index in [2.05, 4.69) is 31.6 Å². The Morgan fingerprint density at radius 1 is 1.09 bits per heavy atom. The molecule has 3 fully saturated rings. The number of nitrogens with zero attached hydrogens (tertiary/aromatic N) is 3. The van der Waals surface area contributed by atoms with E-state index in [1.807, 2.05) is 13.8 Å². The van der Waals surface area contributed by atoms with Crippen molar-refractivity contribution in [3.05, 3.63) is 41.0 Å². The third kappa shape index (κ3) is 7.66. The number of anilines is 1. The zero-order valence-corrected chi connectivity index (χ0v) is 25.8. The standard InChI is InChI=1S/C31H41F2N7O5/c1-4-22-27(39-45-38-22)29(42)37-28(25(18-5-6-18)19-7-8-19)30(43)35-23-10-9-20(13-21(23)33)17(3)26(36-24(41)14-32)31(44)40-12-11-34-16(2)15-40/h9-10,13,16-19,25-26,28,34H,4-8,11-12,14-15H2,1-3H3,(H,35,43)(H,36,41)(H,37,42)/t16-,17+,26-,28+/m1/s1. The fourth-order valence-electron chi connectivity index (χ4n) is 6.31. The Morgan fingerprint density at radius 3 is 2.40 bits per heavy atom. The molecule has 0 radical (unpaired) electrons. The van der Waals surface area contributed by atoms with Gasteiger partial charge in [0.2, 0.25) is 11.8 Å². The molecule has 1 aromatic carbocycles. The molecule has 2 saturated carbocycles. The van der Waals surface area contributed by atoms with Gasteiger partial charge in [0.15, 0.2) is 12.4 Å². The Balaban J connectivity index is 1.34. The van der Waals surface area contributed by atoms with Crippen molar-refractivity contribution < 1.29 is 32.6 Å². The third-order valence-corrected chi connectivity index (χ3v) is 9.05. The molecule has 2 aromatic rings. The van der Waals surface area contributed by atoms with Gasteiger partial charge in [0.05, 0.1) is 5.69 Å². The molecule has 244 valence electrons. The fourth-order valence-corrected chi connectivity index (χ4v) is 6.31. The SMILES string of the molecule is CCc1nonc1C(=O)N[C@H](C(=O)Nc1ccc([C@H](C)[C@@H](NC(=O)CF)C(=O)N2CCN[C@H](C)C2)cc1F)C(C1CC1)C1CC1. The number of rotatable bonds is 13. The molecule has 2 heterocycles. The molecule has 2 aliphatic carbocycles. The molecule has 1 saturated heterocycles. The average molecular weight is 630 g/mol. The summed E-state index contributed by atoms with van der Waals surface area (Å²) in [6.07, 6.45) is 4.25. The Morgan fingerprint density at radius 2 is 1.80 bits per heavy atom. The van der Waals surface area contributed by atoms with Crippen LogP contribution < -0.4 is 21.3 Å². The molecule has 4 N–H and O–H groups in total. The molecule has 3 aliphatic rings. The summed E-state index contributed by atoms with van der Waals surface area (Å²) >= 11 is 0. The van der Waals surface area contributed by atoms with E-state index < -0.39 is 48.2 Å². The van der Waals surface area contributed by atoms with Crippen LogP contribution in [0.5, 0.6) is 0 Å². The van der Waals surface area contributed by atoms with E-state index in [4.69, 9.17) is 4.63 Å². The van der Waals surface area contributed by atoms with Crippen LogP contribution in [0.25, 0.3) is 0 Å². The first-order valence-electron chi connectivity index (χ1n) is 15.7. The van der Waals surface area contributed by atoms with Gasteiger partial charge in [-0.1, -0.05) is 25.1 Å². The zero-order valence-electron chi connectivity index (χ0n) is 25.8. The lowest BCUT2D eigenvalue weighted by Gasteiger charge is -2.36. The van der Waals surface area contributed by atoms with Gasteiger partial charge in [0.25, 0.3) is 11.8 Å². The molecule has 0 bridgehead atoms. The second-order valence-electron chi connectivity index (χ2n) is 12.5. The van der Waals surface area contributed by atoms with E-state index in [-0.39, 0.29) is 41.1 Å². The van der Waals surface area contributed by atoms with Crippen LogP contribution in [-0.4, -0.2) is 83.3 Å². The first kappa shape index (κ1) is 32.5. The van der Waals surface area contributed by atoms with Crippen molar-refractivity contribution >= 4 is 29.3 Å². The van der Waals surface area contributed by atoms with Crippen molar-refractivity contribution in [2.75, 3.05) is 31.6 Å². The lowest BCUT2D eigenvalue weighted by molar-refractivity contribution is -0.138. The molecule has 5 rings (SSSR count). The van der Waals surface area contributed by atoms with Gasteiger partial charge in [-0.05, 0) is 79.6 Å². The molecule has 1 aliphatic heterocycles. The van der Waals surface area contributed by atoms with Gasteiger partial charge in [0, 0.05) is 31.6 Å². The third-order valence-electron chi connectivity index (χ3n) is 9.05. The largest absolute Gasteiger partial charge is 0.341 e. The Hall–Kier alpha value is -3.94. The first-order chi connectivity index (χ1) is 21.6. The van der Waals surface area contributed by atoms with E-state index in [1.54, 1.807) is 17.9 Å². The smallest absolute Gasteiger partial charge is 0.276 e. The Labute approximate surface area is 260 Å². The number of piperazine rings is 1. The van der Waals surface area contributed by atoms with Gasteiger partial charge < -0.3 is 26.2 Å². The van der Waals surface area contributed by atoms with E-state index in [0.29, 0.717) is 37.3 Å². The molecule has 0 spiro atoms. The summed E-state index contributed by atoms with van der Waals surface area (Å²) in [6.45, 7) is 5.52. The van der Waals surface area contributed by atoms with Gasteiger partial charge in [0.1, 0.15) is 23.6 Å². The maximum atomic E-state index is 15.6. The van der Waals surface area contributed by atoms with Crippen molar-refractivity contribution in [3.63, 3.8) is 0 Å². The predicted octanol–water partition coefficient (Wildman–Crippen LogP) is 2.32. The summed E-state index contributed by atoms with van der Waals surface area (Å²) < 4.78 is 33.5. The minimum absolute atomic E-state index is 0.0180. The summed E-state index contributed by atoms with van der Waals surface area (Å²) in [6, 6.07) is 2.16. The highest BCUT2D eigenvalue weighted by molar-refractivity contribution is 6.01. The van der Waals surface area contributed by atoms with Crippen LogP contribution in [0.2, 0.25) is 0 Å². The van der Waals surface area contributed by atoms with E-state index in [1.165, 1.54) is 12.1 Å². The van der Waals surface area contributed by atoms with Gasteiger partial charge in [-0.25, -0.2) is 13.4 Å². The van der Waals surface area contributed by atoms with Crippen molar-refractivity contribution in [3.8, 4) is 0 Å². The van der Waals surface area contributed by atoms with Crippen LogP contribution in [0, 0.1) is 23.6 Å². The number of aryl methyl sites for hydroxylation is 1. The minimum atomic E-state index is -1.29. The summed E-state index contributed by atoms with van der Waals surface area (Å²) in [5.41, 5.74) is 0.687. The molecule has 0 unspecified atom stereocenters. The molecular formula is C31H41F2N7O5. The maximum Gasteiger partial charge on any atom is 0.276 e. The van der Waals surface area contributed by atoms with Crippen LogP contribution >= 0.6 is 0 Å². The summed E-state index contributed by atoms with van der Waals surface area (Å²) in [7, 11) is 0. The quantitative estimate of drug-likeness (QED) is 0.263. The first-order valence-corrected chi connectivity index (χ1v) is 15.7. The topological polar surface area (TPSA) is 159 Å². The van der Waals surface area contributed by atoms with Crippen LogP contribution in [0.1, 0.15) is 74.1 Å². The average Bonchev–Trinajstić information content (AvgIpc) is 3.98. The van der Waals surface area contributed by atoms with Crippen LogP contribution in [0.15, 0.2) is 22.8 Å². The van der Waals surface area contributed by atoms with Gasteiger partial charge in [-0.3, -0.25) is 19.2 Å². The molecule has 4 amide bonds. The van der Waals surface area contributed by atoms with Crippen LogP contribution in [0.3, 0.4) is 0 Å². The maximum absolute atomic E-state index is 15.6. The Kier molecular flexibility index (Phi) is 10.1. The van der Waals surface area contributed by atoms with Crippen molar-refractivity contribution in [2.45, 2.75) is 76.9 Å². The number of alkyl halides is 1. The van der Waals surface area contributed by atoms with Crippen LogP contribution in [-0.2, 0) is 20.8 Å². The van der Waals surface area contributed by atoms with E-state index in [9.17, 15) is 23.6 Å². The number of carbonyl (C=O) groups is 4. The Bertz CT molecular complexity index is 1400. The predicted molar refractivity (Wildman–Crippen MR) is 159 cm³/mol. The summed E-state index contributed by atoms with van der Waals surface area (Å²) in [5, 5.41) is 18.7. The number of amides is 4. The number of hydrogen-bond donors (Lipinski definition) is 4. The lowest BCUT2D eigenvalue weighted by atomic mass is 9.88.